The summed E-state index contributed by atoms with van der Waals surface area (Å²) in [4.78, 5) is 23.9. The molecule has 7 heteroatoms. The van der Waals surface area contributed by atoms with Crippen LogP contribution in [0.4, 0.5) is 10.5 Å². The molecule has 2 fully saturated rings. The van der Waals surface area contributed by atoms with Crippen LogP contribution in [-0.2, 0) is 4.74 Å². The number of carbonyl (C=O) groups excluding carboxylic acids is 1. The summed E-state index contributed by atoms with van der Waals surface area (Å²) in [6.45, 7) is 12.5. The van der Waals surface area contributed by atoms with E-state index in [9.17, 15) is 4.79 Å². The van der Waals surface area contributed by atoms with Gasteiger partial charge in [0.25, 0.3) is 0 Å². The molecule has 0 saturated carbocycles. The molecule has 0 unspecified atom stereocenters. The SMILES string of the molecule is COc1ccc2cccnc2c1N1CCCN(CC2CCN(C(=O)OC(C)(C)C)CC2)CC1. The highest BCUT2D eigenvalue weighted by Crippen LogP contribution is 2.35. The van der Waals surface area contributed by atoms with Gasteiger partial charge < -0.3 is 24.2 Å². The summed E-state index contributed by atoms with van der Waals surface area (Å²) < 4.78 is 11.3. The lowest BCUT2D eigenvalue weighted by atomic mass is 9.96. The van der Waals surface area contributed by atoms with Crippen molar-refractivity contribution < 1.29 is 14.3 Å². The molecule has 7 nitrogen and oxygen atoms in total. The smallest absolute Gasteiger partial charge is 0.410 e. The van der Waals surface area contributed by atoms with E-state index in [0.717, 1.165) is 87.4 Å². The molecule has 1 aromatic heterocycles. The van der Waals surface area contributed by atoms with Gasteiger partial charge in [-0.05, 0) is 70.7 Å². The van der Waals surface area contributed by atoms with Crippen LogP contribution in [0.2, 0.25) is 0 Å². The lowest BCUT2D eigenvalue weighted by molar-refractivity contribution is 0.0170. The molecule has 180 valence electrons. The quantitative estimate of drug-likeness (QED) is 0.682. The Morgan fingerprint density at radius 1 is 1.06 bits per heavy atom. The second-order valence-electron chi connectivity index (χ2n) is 10.2. The molecule has 2 aliphatic heterocycles. The Labute approximate surface area is 197 Å². The summed E-state index contributed by atoms with van der Waals surface area (Å²) in [5.74, 6) is 1.52. The van der Waals surface area contributed by atoms with Gasteiger partial charge in [-0.15, -0.1) is 0 Å². The van der Waals surface area contributed by atoms with Gasteiger partial charge in [-0.3, -0.25) is 4.98 Å². The Morgan fingerprint density at radius 2 is 1.85 bits per heavy atom. The van der Waals surface area contributed by atoms with Gasteiger partial charge >= 0.3 is 6.09 Å². The molecule has 0 aliphatic carbocycles. The van der Waals surface area contributed by atoms with Crippen molar-refractivity contribution in [3.8, 4) is 5.75 Å². The van der Waals surface area contributed by atoms with Crippen molar-refractivity contribution in [1.82, 2.24) is 14.8 Å². The van der Waals surface area contributed by atoms with Crippen molar-refractivity contribution in [2.75, 3.05) is 57.8 Å². The van der Waals surface area contributed by atoms with Gasteiger partial charge in [-0.2, -0.15) is 0 Å². The van der Waals surface area contributed by atoms with Crippen molar-refractivity contribution in [2.45, 2.75) is 45.6 Å². The largest absolute Gasteiger partial charge is 0.494 e. The van der Waals surface area contributed by atoms with Crippen LogP contribution >= 0.6 is 0 Å². The van der Waals surface area contributed by atoms with E-state index in [-0.39, 0.29) is 6.09 Å². The molecular weight excluding hydrogens is 416 g/mol. The van der Waals surface area contributed by atoms with Crippen molar-refractivity contribution in [2.24, 2.45) is 5.92 Å². The van der Waals surface area contributed by atoms with Crippen molar-refractivity contribution >= 4 is 22.7 Å². The van der Waals surface area contributed by atoms with Gasteiger partial charge in [-0.25, -0.2) is 4.79 Å². The predicted octanol–water partition coefficient (Wildman–Crippen LogP) is 4.40. The van der Waals surface area contributed by atoms with E-state index in [2.05, 4.69) is 33.0 Å². The number of amides is 1. The van der Waals surface area contributed by atoms with E-state index >= 15 is 0 Å². The molecule has 2 aromatic rings. The number of benzene rings is 1. The molecule has 2 aliphatic rings. The number of nitrogens with zero attached hydrogens (tertiary/aromatic N) is 4. The minimum atomic E-state index is -0.436. The summed E-state index contributed by atoms with van der Waals surface area (Å²) >= 11 is 0. The standard InChI is InChI=1S/C26H38N4O3/c1-26(2,3)33-25(31)30-15-10-20(11-16-30)19-28-13-6-14-29(18-17-28)24-22(32-4)9-8-21-7-5-12-27-23(21)24/h5,7-9,12,20H,6,10-11,13-19H2,1-4H3. The normalized spacial score (nSPS) is 18.9. The Morgan fingerprint density at radius 3 is 2.58 bits per heavy atom. The third kappa shape index (κ3) is 5.88. The van der Waals surface area contributed by atoms with Crippen LogP contribution in [0.1, 0.15) is 40.0 Å². The average molecular weight is 455 g/mol. The molecule has 1 amide bonds. The first-order valence-electron chi connectivity index (χ1n) is 12.2. The van der Waals surface area contributed by atoms with Crippen LogP contribution in [0, 0.1) is 5.92 Å². The third-order valence-corrected chi connectivity index (χ3v) is 6.62. The summed E-state index contributed by atoms with van der Waals surface area (Å²) in [7, 11) is 1.74. The van der Waals surface area contributed by atoms with Crippen LogP contribution in [0.15, 0.2) is 30.5 Å². The van der Waals surface area contributed by atoms with Crippen molar-refractivity contribution in [3.05, 3.63) is 30.5 Å². The number of piperidine rings is 1. The monoisotopic (exact) mass is 454 g/mol. The number of ether oxygens (including phenoxy) is 2. The third-order valence-electron chi connectivity index (χ3n) is 6.62. The summed E-state index contributed by atoms with van der Waals surface area (Å²) in [6, 6.07) is 8.23. The molecule has 4 rings (SSSR count). The number of methoxy groups -OCH3 is 1. The molecule has 3 heterocycles. The fraction of sp³-hybridized carbons (Fsp3) is 0.615. The number of aromatic nitrogens is 1. The average Bonchev–Trinajstić information content (AvgIpc) is 3.03. The summed E-state index contributed by atoms with van der Waals surface area (Å²) in [5.41, 5.74) is 1.69. The fourth-order valence-corrected chi connectivity index (χ4v) is 4.95. The predicted molar refractivity (Wildman–Crippen MR) is 132 cm³/mol. The first-order chi connectivity index (χ1) is 15.8. The fourth-order valence-electron chi connectivity index (χ4n) is 4.95. The molecule has 0 N–H and O–H groups in total. The Hall–Kier alpha value is -2.54. The number of rotatable bonds is 4. The number of anilines is 1. The molecule has 1 aromatic carbocycles. The number of hydrogen-bond donors (Lipinski definition) is 0. The molecule has 33 heavy (non-hydrogen) atoms. The van der Waals surface area contributed by atoms with Gasteiger partial charge in [0.15, 0.2) is 0 Å². The van der Waals surface area contributed by atoms with Gasteiger partial charge in [-0.1, -0.05) is 6.07 Å². The van der Waals surface area contributed by atoms with Crippen molar-refractivity contribution in [1.29, 1.82) is 0 Å². The maximum absolute atomic E-state index is 12.3. The van der Waals surface area contributed by atoms with E-state index in [4.69, 9.17) is 9.47 Å². The molecular formula is C26H38N4O3. The molecule has 0 bridgehead atoms. The van der Waals surface area contributed by atoms with Crippen LogP contribution in [0.25, 0.3) is 10.9 Å². The maximum atomic E-state index is 12.3. The molecule has 2 saturated heterocycles. The van der Waals surface area contributed by atoms with E-state index in [1.54, 1.807) is 7.11 Å². The number of carbonyl (C=O) groups is 1. The second-order valence-corrected chi connectivity index (χ2v) is 10.2. The highest BCUT2D eigenvalue weighted by Gasteiger charge is 2.28. The lowest BCUT2D eigenvalue weighted by Crippen LogP contribution is -2.44. The minimum Gasteiger partial charge on any atom is -0.494 e. The van der Waals surface area contributed by atoms with Gasteiger partial charge in [0.1, 0.15) is 17.0 Å². The van der Waals surface area contributed by atoms with Crippen LogP contribution in [0.3, 0.4) is 0 Å². The Kier molecular flexibility index (Phi) is 7.27. The lowest BCUT2D eigenvalue weighted by Gasteiger charge is -2.35. The highest BCUT2D eigenvalue weighted by atomic mass is 16.6. The zero-order valence-corrected chi connectivity index (χ0v) is 20.5. The van der Waals surface area contributed by atoms with Gasteiger partial charge in [0, 0.05) is 50.9 Å². The van der Waals surface area contributed by atoms with E-state index in [0.29, 0.717) is 5.92 Å². The van der Waals surface area contributed by atoms with Crippen LogP contribution < -0.4 is 9.64 Å². The number of pyridine rings is 1. The molecule has 0 spiro atoms. The van der Waals surface area contributed by atoms with Crippen LogP contribution in [0.5, 0.6) is 5.75 Å². The molecule has 0 atom stereocenters. The first-order valence-corrected chi connectivity index (χ1v) is 12.2. The Bertz CT molecular complexity index is 950. The number of hydrogen-bond acceptors (Lipinski definition) is 6. The highest BCUT2D eigenvalue weighted by molar-refractivity contribution is 5.94. The van der Waals surface area contributed by atoms with Crippen LogP contribution in [-0.4, -0.2) is 79.4 Å². The first kappa shape index (κ1) is 23.6. The minimum absolute atomic E-state index is 0.177. The second kappa shape index (κ2) is 10.2. The number of likely N-dealkylation sites (tertiary alicyclic amines) is 1. The zero-order chi connectivity index (χ0) is 23.4. The van der Waals surface area contributed by atoms with E-state index in [1.807, 2.05) is 37.9 Å². The molecule has 0 radical (unpaired) electrons. The van der Waals surface area contributed by atoms with E-state index in [1.165, 1.54) is 0 Å². The summed E-state index contributed by atoms with van der Waals surface area (Å²) in [6.07, 6.45) is 4.88. The Balaban J connectivity index is 1.34. The van der Waals surface area contributed by atoms with Gasteiger partial charge in [0.2, 0.25) is 0 Å². The number of fused-ring (bicyclic) bond motifs is 1. The maximum Gasteiger partial charge on any atom is 0.410 e. The van der Waals surface area contributed by atoms with Gasteiger partial charge in [0.05, 0.1) is 12.6 Å². The topological polar surface area (TPSA) is 58.1 Å². The van der Waals surface area contributed by atoms with Crippen molar-refractivity contribution in [3.63, 3.8) is 0 Å². The summed E-state index contributed by atoms with van der Waals surface area (Å²) in [5, 5.41) is 1.14. The zero-order valence-electron chi connectivity index (χ0n) is 20.5. The van der Waals surface area contributed by atoms with E-state index < -0.39 is 5.60 Å².